The minimum Gasteiger partial charge on any atom is -0.0985 e. The van der Waals surface area contributed by atoms with Crippen molar-refractivity contribution < 1.29 is 0 Å². The van der Waals surface area contributed by atoms with Gasteiger partial charge in [-0.2, -0.15) is 0 Å². The van der Waals surface area contributed by atoms with Crippen molar-refractivity contribution in [2.75, 3.05) is 0 Å². The Labute approximate surface area is 102 Å². The highest BCUT2D eigenvalue weighted by Crippen LogP contribution is 2.11. The van der Waals surface area contributed by atoms with Gasteiger partial charge in [0.05, 0.1) is 16.1 Å². The third-order valence-corrected chi connectivity index (χ3v) is 7.03. The second kappa shape index (κ2) is 4.34. The van der Waals surface area contributed by atoms with E-state index in [4.69, 9.17) is 0 Å². The minimum absolute atomic E-state index is 1.26. The average molecular weight is 249 g/mol. The quantitative estimate of drug-likeness (QED) is 0.719. The van der Waals surface area contributed by atoms with E-state index in [0.29, 0.717) is 0 Å². The van der Waals surface area contributed by atoms with Crippen LogP contribution in [0.25, 0.3) is 6.08 Å². The van der Waals surface area contributed by atoms with Crippen LogP contribution in [0.1, 0.15) is 5.56 Å². The fourth-order valence-corrected chi connectivity index (χ4v) is 5.50. The maximum Gasteiger partial charge on any atom is 0.0783 e. The summed E-state index contributed by atoms with van der Waals surface area (Å²) in [5.41, 5.74) is 1.43. The van der Waals surface area contributed by atoms with Gasteiger partial charge in [0, 0.05) is 0 Å². The SMILES string of the molecule is C=Cc1c([Si](C)(C)C)cccc1[Si](C)(C)C. The molecule has 0 saturated carbocycles. The maximum absolute atomic E-state index is 4.02. The van der Waals surface area contributed by atoms with E-state index in [9.17, 15) is 0 Å². The van der Waals surface area contributed by atoms with Crippen molar-refractivity contribution in [1.29, 1.82) is 0 Å². The molecule has 88 valence electrons. The summed E-state index contributed by atoms with van der Waals surface area (Å²) in [6.07, 6.45) is 2.07. The van der Waals surface area contributed by atoms with Gasteiger partial charge in [0.25, 0.3) is 0 Å². The first-order valence-electron chi connectivity index (χ1n) is 5.94. The zero-order valence-corrected chi connectivity index (χ0v) is 13.5. The lowest BCUT2D eigenvalue weighted by Crippen LogP contribution is -2.48. The molecule has 0 aromatic heterocycles. The zero-order chi connectivity index (χ0) is 12.6. The average Bonchev–Trinajstić information content (AvgIpc) is 2.13. The molecule has 0 amide bonds. The van der Waals surface area contributed by atoms with E-state index in [1.165, 1.54) is 5.56 Å². The van der Waals surface area contributed by atoms with E-state index in [-0.39, 0.29) is 0 Å². The highest BCUT2D eigenvalue weighted by Gasteiger charge is 2.25. The normalized spacial score (nSPS) is 12.6. The van der Waals surface area contributed by atoms with Gasteiger partial charge in [-0.1, -0.05) is 80.5 Å². The first-order chi connectivity index (χ1) is 7.18. The number of benzene rings is 1. The van der Waals surface area contributed by atoms with Crippen molar-refractivity contribution >= 4 is 32.6 Å². The molecule has 0 unspecified atom stereocenters. The molecule has 0 aliphatic heterocycles. The Bertz CT molecular complexity index is 360. The van der Waals surface area contributed by atoms with Crippen molar-refractivity contribution in [3.8, 4) is 0 Å². The second-order valence-corrected chi connectivity index (χ2v) is 16.5. The first kappa shape index (κ1) is 13.5. The molecule has 0 aliphatic carbocycles. The van der Waals surface area contributed by atoms with Gasteiger partial charge in [-0.3, -0.25) is 0 Å². The summed E-state index contributed by atoms with van der Waals surface area (Å²) < 4.78 is 0. The molecule has 0 N–H and O–H groups in total. The monoisotopic (exact) mass is 248 g/mol. The Morgan fingerprint density at radius 3 is 1.50 bits per heavy atom. The Morgan fingerprint density at radius 2 is 1.25 bits per heavy atom. The molecule has 1 aromatic carbocycles. The third kappa shape index (κ3) is 2.74. The lowest BCUT2D eigenvalue weighted by Gasteiger charge is -2.26. The highest BCUT2D eigenvalue weighted by atomic mass is 28.3. The van der Waals surface area contributed by atoms with Crippen LogP contribution in [0, 0.1) is 0 Å². The molecule has 1 aromatic rings. The van der Waals surface area contributed by atoms with Crippen molar-refractivity contribution in [1.82, 2.24) is 0 Å². The van der Waals surface area contributed by atoms with E-state index in [1.807, 2.05) is 0 Å². The van der Waals surface area contributed by atoms with Crippen molar-refractivity contribution in [3.05, 3.63) is 30.3 Å². The molecule has 2 heteroatoms. The van der Waals surface area contributed by atoms with Crippen LogP contribution < -0.4 is 10.4 Å². The molecule has 0 radical (unpaired) electrons. The van der Waals surface area contributed by atoms with Gasteiger partial charge in [-0.15, -0.1) is 0 Å². The Kier molecular flexibility index (Phi) is 3.65. The lowest BCUT2D eigenvalue weighted by molar-refractivity contribution is 1.64. The summed E-state index contributed by atoms with van der Waals surface area (Å²) in [7, 11) is -2.52. The van der Waals surface area contributed by atoms with Crippen LogP contribution in [0.4, 0.5) is 0 Å². The molecule has 0 bridgehead atoms. The fourth-order valence-electron chi connectivity index (χ4n) is 2.09. The minimum atomic E-state index is -1.26. The second-order valence-electron chi connectivity index (χ2n) is 6.47. The molecule has 16 heavy (non-hydrogen) atoms. The molecule has 0 saturated heterocycles. The fraction of sp³-hybridized carbons (Fsp3) is 0.429. The summed E-state index contributed by atoms with van der Waals surface area (Å²) in [5, 5.41) is 3.12. The lowest BCUT2D eigenvalue weighted by atomic mass is 10.2. The topological polar surface area (TPSA) is 0 Å². The Hall–Kier alpha value is -0.606. The third-order valence-electron chi connectivity index (χ3n) is 2.93. The van der Waals surface area contributed by atoms with Crippen LogP contribution in [-0.2, 0) is 0 Å². The highest BCUT2D eigenvalue weighted by molar-refractivity contribution is 6.92. The van der Waals surface area contributed by atoms with E-state index in [2.05, 4.69) is 70.1 Å². The molecule has 0 aliphatic rings. The predicted molar refractivity (Wildman–Crippen MR) is 82.5 cm³/mol. The summed E-state index contributed by atoms with van der Waals surface area (Å²) in [5.74, 6) is 0. The van der Waals surface area contributed by atoms with Crippen LogP contribution >= 0.6 is 0 Å². The molecule has 0 atom stereocenters. The van der Waals surface area contributed by atoms with E-state index in [0.717, 1.165) is 0 Å². The number of hydrogen-bond donors (Lipinski definition) is 0. The van der Waals surface area contributed by atoms with Gasteiger partial charge in [0.1, 0.15) is 0 Å². The zero-order valence-electron chi connectivity index (χ0n) is 11.5. The maximum atomic E-state index is 4.02. The smallest absolute Gasteiger partial charge is 0.0783 e. The van der Waals surface area contributed by atoms with E-state index < -0.39 is 16.1 Å². The van der Waals surface area contributed by atoms with Crippen LogP contribution in [0.3, 0.4) is 0 Å². The first-order valence-corrected chi connectivity index (χ1v) is 12.9. The molecular formula is C14H24Si2. The predicted octanol–water partition coefficient (Wildman–Crippen LogP) is 3.42. The van der Waals surface area contributed by atoms with E-state index in [1.54, 1.807) is 10.4 Å². The van der Waals surface area contributed by atoms with Crippen molar-refractivity contribution in [2.24, 2.45) is 0 Å². The molecule has 1 rings (SSSR count). The van der Waals surface area contributed by atoms with Gasteiger partial charge in [0.2, 0.25) is 0 Å². The summed E-state index contributed by atoms with van der Waals surface area (Å²) in [4.78, 5) is 0. The standard InChI is InChI=1S/C14H24Si2/c1-8-12-13(15(2,3)4)10-9-11-14(12)16(5,6)7/h8-11H,1H2,2-7H3. The largest absolute Gasteiger partial charge is 0.0985 e. The molecule has 0 nitrogen and oxygen atoms in total. The number of hydrogen-bond acceptors (Lipinski definition) is 0. The molecule has 0 heterocycles. The van der Waals surface area contributed by atoms with Crippen LogP contribution in [0.5, 0.6) is 0 Å². The van der Waals surface area contributed by atoms with Gasteiger partial charge in [-0.25, -0.2) is 0 Å². The summed E-state index contributed by atoms with van der Waals surface area (Å²) in [6, 6.07) is 6.83. The van der Waals surface area contributed by atoms with Crippen LogP contribution in [0.2, 0.25) is 39.3 Å². The van der Waals surface area contributed by atoms with Crippen molar-refractivity contribution in [3.63, 3.8) is 0 Å². The Balaban J connectivity index is 3.51. The summed E-state index contributed by atoms with van der Waals surface area (Å²) in [6.45, 7) is 18.5. The van der Waals surface area contributed by atoms with Gasteiger partial charge >= 0.3 is 0 Å². The summed E-state index contributed by atoms with van der Waals surface area (Å²) >= 11 is 0. The molecule has 0 fully saturated rings. The molecule has 0 spiro atoms. The molecular weight excluding hydrogens is 224 g/mol. The van der Waals surface area contributed by atoms with Crippen LogP contribution in [-0.4, -0.2) is 16.1 Å². The Morgan fingerprint density at radius 1 is 0.875 bits per heavy atom. The van der Waals surface area contributed by atoms with Gasteiger partial charge < -0.3 is 0 Å². The van der Waals surface area contributed by atoms with E-state index >= 15 is 0 Å². The van der Waals surface area contributed by atoms with Gasteiger partial charge in [0.15, 0.2) is 0 Å². The van der Waals surface area contributed by atoms with Crippen molar-refractivity contribution in [2.45, 2.75) is 39.3 Å². The number of rotatable bonds is 3. The van der Waals surface area contributed by atoms with Crippen LogP contribution in [0.15, 0.2) is 24.8 Å². The van der Waals surface area contributed by atoms with Gasteiger partial charge in [-0.05, 0) is 5.56 Å².